The van der Waals surface area contributed by atoms with Gasteiger partial charge in [0, 0.05) is 17.7 Å². The van der Waals surface area contributed by atoms with Crippen LogP contribution in [-0.4, -0.2) is 36.8 Å². The minimum absolute atomic E-state index is 0.185. The van der Waals surface area contributed by atoms with Gasteiger partial charge in [-0.1, -0.05) is 47.2 Å². The van der Waals surface area contributed by atoms with Gasteiger partial charge in [0.15, 0.2) is 5.76 Å². The van der Waals surface area contributed by atoms with Crippen LogP contribution in [0.3, 0.4) is 0 Å². The topological polar surface area (TPSA) is 83.7 Å². The average molecular weight is 499 g/mol. The van der Waals surface area contributed by atoms with Crippen LogP contribution >= 0.6 is 22.9 Å². The predicted molar refractivity (Wildman–Crippen MR) is 131 cm³/mol. The Bertz CT molecular complexity index is 1270. The van der Waals surface area contributed by atoms with Crippen molar-refractivity contribution in [2.75, 3.05) is 20.8 Å². The van der Waals surface area contributed by atoms with Crippen LogP contribution in [0.25, 0.3) is 21.9 Å². The number of methoxy groups -OCH3 is 2. The third kappa shape index (κ3) is 4.84. The molecule has 0 saturated heterocycles. The molecule has 9 heteroatoms. The van der Waals surface area contributed by atoms with Crippen LogP contribution < -0.4 is 9.47 Å². The number of halogens is 1. The molecule has 176 valence electrons. The number of Topliss-reactive ketones (excluding diaryl/α,β-unsaturated/α-hetero) is 1. The number of hydrogen-bond donors (Lipinski definition) is 0. The van der Waals surface area contributed by atoms with Gasteiger partial charge in [0.1, 0.15) is 38.4 Å². The summed E-state index contributed by atoms with van der Waals surface area (Å²) in [6.45, 7) is 4.12. The lowest BCUT2D eigenvalue weighted by molar-refractivity contribution is 0.0429. The third-order valence-corrected chi connectivity index (χ3v) is 6.40. The van der Waals surface area contributed by atoms with E-state index in [1.165, 1.54) is 25.6 Å². The highest BCUT2D eigenvalue weighted by molar-refractivity contribution is 7.14. The number of hydrogen-bond acceptors (Lipinski definition) is 8. The third-order valence-electron chi connectivity index (χ3n) is 5.14. The van der Waals surface area contributed by atoms with Crippen molar-refractivity contribution in [3.05, 3.63) is 69.9 Å². The number of ketones is 1. The largest absolute Gasteiger partial charge is 0.495 e. The summed E-state index contributed by atoms with van der Waals surface area (Å²) in [5.74, 6) is 1.27. The predicted octanol–water partition coefficient (Wildman–Crippen LogP) is 6.40. The lowest BCUT2D eigenvalue weighted by atomic mass is 10.0. The molecule has 4 aromatic rings. The Hall–Kier alpha value is -3.20. The lowest BCUT2D eigenvalue weighted by Gasteiger charge is -2.15. The summed E-state index contributed by atoms with van der Waals surface area (Å²) in [6.07, 6.45) is -0.802. The second-order valence-corrected chi connectivity index (χ2v) is 8.87. The van der Waals surface area contributed by atoms with Gasteiger partial charge in [-0.3, -0.25) is 4.79 Å². The molecule has 0 spiro atoms. The number of carbonyl (C=O) groups excluding carboxylic acids is 1. The molecule has 0 bridgehead atoms. The average Bonchev–Trinajstić information content (AvgIpc) is 3.52. The zero-order valence-electron chi connectivity index (χ0n) is 19.1. The van der Waals surface area contributed by atoms with Gasteiger partial charge in [0.05, 0.1) is 14.2 Å². The molecule has 4 rings (SSSR count). The molecule has 0 fully saturated rings. The van der Waals surface area contributed by atoms with Crippen molar-refractivity contribution in [3.63, 3.8) is 0 Å². The number of furan rings is 1. The zero-order chi connectivity index (χ0) is 24.2. The smallest absolute Gasteiger partial charge is 0.231 e. The molecule has 0 N–H and O–H groups in total. The molecule has 0 aliphatic carbocycles. The van der Waals surface area contributed by atoms with Gasteiger partial charge in [0.25, 0.3) is 0 Å². The van der Waals surface area contributed by atoms with E-state index < -0.39 is 6.10 Å². The highest BCUT2D eigenvalue weighted by Gasteiger charge is 2.26. The van der Waals surface area contributed by atoms with Crippen molar-refractivity contribution in [1.82, 2.24) is 10.2 Å². The number of aryl methyl sites for hydroxylation is 1. The molecule has 1 atom stereocenters. The van der Waals surface area contributed by atoms with Crippen molar-refractivity contribution < 1.29 is 23.4 Å². The van der Waals surface area contributed by atoms with Crippen molar-refractivity contribution >= 4 is 28.7 Å². The van der Waals surface area contributed by atoms with Crippen molar-refractivity contribution in [2.45, 2.75) is 20.0 Å². The number of benzene rings is 2. The van der Waals surface area contributed by atoms with Gasteiger partial charge >= 0.3 is 0 Å². The van der Waals surface area contributed by atoms with E-state index in [-0.39, 0.29) is 11.5 Å². The van der Waals surface area contributed by atoms with E-state index in [0.717, 1.165) is 21.1 Å². The molecule has 0 amide bonds. The highest BCUT2D eigenvalue weighted by atomic mass is 35.5. The van der Waals surface area contributed by atoms with Crippen LogP contribution in [-0.2, 0) is 4.74 Å². The SMILES string of the molecule is CCO[C@H](C(=O)c1ccc(-c2cc(OC)c(Cl)c(OC)c2)o1)c1ccc(-c2nnc(C)s2)cc1. The minimum atomic E-state index is -0.802. The van der Waals surface area contributed by atoms with E-state index in [2.05, 4.69) is 10.2 Å². The maximum atomic E-state index is 13.3. The fourth-order valence-corrected chi connectivity index (χ4v) is 4.43. The van der Waals surface area contributed by atoms with Crippen molar-refractivity contribution in [1.29, 1.82) is 0 Å². The van der Waals surface area contributed by atoms with Gasteiger partial charge < -0.3 is 18.6 Å². The molecular weight excluding hydrogens is 476 g/mol. The molecule has 0 aliphatic heterocycles. The Balaban J connectivity index is 1.61. The fraction of sp³-hybridized carbons (Fsp3) is 0.240. The summed E-state index contributed by atoms with van der Waals surface area (Å²) in [6, 6.07) is 14.4. The minimum Gasteiger partial charge on any atom is -0.495 e. The van der Waals surface area contributed by atoms with Crippen LogP contribution in [0.1, 0.15) is 34.2 Å². The second kappa shape index (κ2) is 10.4. The van der Waals surface area contributed by atoms with Gasteiger partial charge in [-0.05, 0) is 43.7 Å². The Morgan fingerprint density at radius 1 is 1.03 bits per heavy atom. The number of ether oxygens (including phenoxy) is 3. The van der Waals surface area contributed by atoms with Crippen molar-refractivity contribution in [2.24, 2.45) is 0 Å². The van der Waals surface area contributed by atoms with E-state index in [1.54, 1.807) is 24.3 Å². The van der Waals surface area contributed by atoms with Gasteiger partial charge in [-0.25, -0.2) is 0 Å². The lowest BCUT2D eigenvalue weighted by Crippen LogP contribution is -2.16. The number of nitrogens with zero attached hydrogens (tertiary/aromatic N) is 2. The molecule has 2 aromatic carbocycles. The fourth-order valence-electron chi connectivity index (χ4n) is 3.47. The Kier molecular flexibility index (Phi) is 7.31. The van der Waals surface area contributed by atoms with E-state index >= 15 is 0 Å². The Morgan fingerprint density at radius 2 is 1.71 bits per heavy atom. The van der Waals surface area contributed by atoms with E-state index in [0.29, 0.717) is 34.5 Å². The molecule has 7 nitrogen and oxygen atoms in total. The zero-order valence-corrected chi connectivity index (χ0v) is 20.7. The molecule has 0 radical (unpaired) electrons. The molecule has 2 heterocycles. The van der Waals surface area contributed by atoms with Gasteiger partial charge in [-0.15, -0.1) is 10.2 Å². The van der Waals surface area contributed by atoms with Crippen molar-refractivity contribution in [3.8, 4) is 33.4 Å². The number of carbonyl (C=O) groups is 1. The van der Waals surface area contributed by atoms with Gasteiger partial charge in [0.2, 0.25) is 5.78 Å². The van der Waals surface area contributed by atoms with E-state index in [9.17, 15) is 4.79 Å². The first-order chi connectivity index (χ1) is 16.4. The van der Waals surface area contributed by atoms with Crippen LogP contribution in [0.2, 0.25) is 5.02 Å². The number of aromatic nitrogens is 2. The molecule has 2 aromatic heterocycles. The van der Waals surface area contributed by atoms with Crippen LogP contribution in [0, 0.1) is 6.92 Å². The molecule has 0 aliphatic rings. The summed E-state index contributed by atoms with van der Waals surface area (Å²) >= 11 is 7.78. The second-order valence-electron chi connectivity index (χ2n) is 7.31. The summed E-state index contributed by atoms with van der Waals surface area (Å²) in [4.78, 5) is 13.3. The maximum Gasteiger partial charge on any atom is 0.231 e. The highest BCUT2D eigenvalue weighted by Crippen LogP contribution is 2.39. The standard InChI is InChI=1S/C25H23ClN2O5S/c1-5-32-24(15-6-8-16(9-7-15)25-28-27-14(2)34-25)23(29)19-11-10-18(33-19)17-12-20(30-3)22(26)21(13-17)31-4/h6-13,24H,5H2,1-4H3/t24-/m0/s1. The van der Waals surface area contributed by atoms with Crippen LogP contribution in [0.5, 0.6) is 11.5 Å². The Labute approximate surface area is 206 Å². The van der Waals surface area contributed by atoms with E-state index in [4.69, 9.17) is 30.2 Å². The summed E-state index contributed by atoms with van der Waals surface area (Å²) in [5.41, 5.74) is 2.33. The van der Waals surface area contributed by atoms with Crippen LogP contribution in [0.4, 0.5) is 0 Å². The summed E-state index contributed by atoms with van der Waals surface area (Å²) in [5, 5.41) is 10.3. The molecular formula is C25H23ClN2O5S. The first-order valence-electron chi connectivity index (χ1n) is 10.5. The quantitative estimate of drug-likeness (QED) is 0.247. The molecule has 0 saturated carbocycles. The monoisotopic (exact) mass is 498 g/mol. The van der Waals surface area contributed by atoms with Crippen LogP contribution in [0.15, 0.2) is 52.9 Å². The molecule has 34 heavy (non-hydrogen) atoms. The maximum absolute atomic E-state index is 13.3. The van der Waals surface area contributed by atoms with Gasteiger partial charge in [-0.2, -0.15) is 0 Å². The first-order valence-corrected chi connectivity index (χ1v) is 11.7. The summed E-state index contributed by atoms with van der Waals surface area (Å²) < 4.78 is 22.4. The van der Waals surface area contributed by atoms with E-state index in [1.807, 2.05) is 38.1 Å². The normalized spacial score (nSPS) is 11.9. The first kappa shape index (κ1) is 23.9. The Morgan fingerprint density at radius 3 is 2.26 bits per heavy atom. The summed E-state index contributed by atoms with van der Waals surface area (Å²) in [7, 11) is 3.04. The molecule has 0 unspecified atom stereocenters. The number of rotatable bonds is 9.